The Kier molecular flexibility index (Phi) is 3.26. The van der Waals surface area contributed by atoms with Crippen LogP contribution in [0.1, 0.15) is 0 Å². The molecule has 7 heteroatoms. The molecule has 0 radical (unpaired) electrons. The summed E-state index contributed by atoms with van der Waals surface area (Å²) in [5, 5.41) is 28.6. The summed E-state index contributed by atoms with van der Waals surface area (Å²) in [6.45, 7) is -0.430. The van der Waals surface area contributed by atoms with E-state index in [2.05, 4.69) is 5.32 Å². The normalized spacial score (nSPS) is 26.3. The average molecular weight is 204 g/mol. The van der Waals surface area contributed by atoms with E-state index in [-0.39, 0.29) is 13.1 Å². The summed E-state index contributed by atoms with van der Waals surface area (Å²) in [6, 6.07) is -0.594. The Morgan fingerprint density at radius 1 is 1.29 bits per heavy atom. The Balaban J connectivity index is 2.36. The smallest absolute Gasteiger partial charge is 0.323 e. The lowest BCUT2D eigenvalue weighted by Gasteiger charge is -2.14. The molecule has 0 bridgehead atoms. The van der Waals surface area contributed by atoms with E-state index in [1.54, 1.807) is 0 Å². The van der Waals surface area contributed by atoms with E-state index < -0.39 is 30.8 Å². The van der Waals surface area contributed by atoms with Gasteiger partial charge < -0.3 is 25.5 Å². The van der Waals surface area contributed by atoms with E-state index in [0.717, 1.165) is 4.90 Å². The lowest BCUT2D eigenvalue weighted by atomic mass is 10.3. The summed E-state index contributed by atoms with van der Waals surface area (Å²) in [6.07, 6.45) is -1.91. The van der Waals surface area contributed by atoms with Crippen molar-refractivity contribution in [1.29, 1.82) is 0 Å². The SMILES string of the molecule is O=C(O)CNC(=O)N1CC(O)C(O)C1. The molecule has 1 saturated heterocycles. The molecule has 1 rings (SSSR count). The first-order chi connectivity index (χ1) is 6.50. The zero-order valence-corrected chi connectivity index (χ0v) is 7.38. The van der Waals surface area contributed by atoms with Crippen molar-refractivity contribution >= 4 is 12.0 Å². The van der Waals surface area contributed by atoms with Crippen molar-refractivity contribution in [2.45, 2.75) is 12.2 Å². The molecule has 0 saturated carbocycles. The van der Waals surface area contributed by atoms with Crippen LogP contribution in [0.25, 0.3) is 0 Å². The zero-order valence-electron chi connectivity index (χ0n) is 7.38. The Labute approximate surface area is 79.9 Å². The molecule has 0 aromatic heterocycles. The summed E-state index contributed by atoms with van der Waals surface area (Å²) >= 11 is 0. The van der Waals surface area contributed by atoms with Crippen molar-refractivity contribution in [3.05, 3.63) is 0 Å². The number of urea groups is 1. The van der Waals surface area contributed by atoms with Gasteiger partial charge in [-0.15, -0.1) is 0 Å². The van der Waals surface area contributed by atoms with Crippen LogP contribution in [0.4, 0.5) is 4.79 Å². The molecule has 7 nitrogen and oxygen atoms in total. The minimum Gasteiger partial charge on any atom is -0.480 e. The van der Waals surface area contributed by atoms with E-state index in [4.69, 9.17) is 15.3 Å². The van der Waals surface area contributed by atoms with Gasteiger partial charge in [-0.1, -0.05) is 0 Å². The van der Waals surface area contributed by atoms with Crippen molar-refractivity contribution in [1.82, 2.24) is 10.2 Å². The van der Waals surface area contributed by atoms with Gasteiger partial charge in [0.1, 0.15) is 6.54 Å². The van der Waals surface area contributed by atoms with E-state index in [1.807, 2.05) is 0 Å². The molecule has 0 aromatic carbocycles. The largest absolute Gasteiger partial charge is 0.480 e. The molecule has 1 heterocycles. The molecule has 1 fully saturated rings. The van der Waals surface area contributed by atoms with Crippen molar-refractivity contribution in [2.24, 2.45) is 0 Å². The van der Waals surface area contributed by atoms with Gasteiger partial charge in [0, 0.05) is 0 Å². The van der Waals surface area contributed by atoms with Crippen LogP contribution in [0.2, 0.25) is 0 Å². The number of nitrogens with one attached hydrogen (secondary N) is 1. The molecule has 1 aliphatic rings. The second-order valence-electron chi connectivity index (χ2n) is 3.09. The third kappa shape index (κ3) is 2.57. The number of carboxylic acids is 1. The first-order valence-electron chi connectivity index (χ1n) is 4.11. The van der Waals surface area contributed by atoms with Crippen LogP contribution in [-0.2, 0) is 4.79 Å². The van der Waals surface area contributed by atoms with E-state index >= 15 is 0 Å². The number of carbonyl (C=O) groups is 2. The Morgan fingerprint density at radius 2 is 1.79 bits per heavy atom. The summed E-state index contributed by atoms with van der Waals surface area (Å²) in [5.41, 5.74) is 0. The second-order valence-corrected chi connectivity index (χ2v) is 3.09. The number of nitrogens with zero attached hydrogens (tertiary/aromatic N) is 1. The van der Waals surface area contributed by atoms with Crippen LogP contribution in [0.15, 0.2) is 0 Å². The number of likely N-dealkylation sites (tertiary alicyclic amines) is 1. The maximum Gasteiger partial charge on any atom is 0.323 e. The number of aliphatic hydroxyl groups is 2. The summed E-state index contributed by atoms with van der Waals surface area (Å²) in [7, 11) is 0. The van der Waals surface area contributed by atoms with Gasteiger partial charge in [-0.05, 0) is 0 Å². The van der Waals surface area contributed by atoms with Gasteiger partial charge >= 0.3 is 12.0 Å². The number of rotatable bonds is 2. The topological polar surface area (TPSA) is 110 Å². The lowest BCUT2D eigenvalue weighted by Crippen LogP contribution is -2.41. The van der Waals surface area contributed by atoms with Crippen LogP contribution < -0.4 is 5.32 Å². The van der Waals surface area contributed by atoms with Gasteiger partial charge in [-0.25, -0.2) is 4.79 Å². The zero-order chi connectivity index (χ0) is 10.7. The molecule has 1 aliphatic heterocycles. The van der Waals surface area contributed by atoms with Crippen molar-refractivity contribution in [2.75, 3.05) is 19.6 Å². The first kappa shape index (κ1) is 10.7. The van der Waals surface area contributed by atoms with Gasteiger partial charge in [-0.3, -0.25) is 4.79 Å². The van der Waals surface area contributed by atoms with Gasteiger partial charge in [-0.2, -0.15) is 0 Å². The third-order valence-corrected chi connectivity index (χ3v) is 1.94. The highest BCUT2D eigenvalue weighted by Gasteiger charge is 2.32. The van der Waals surface area contributed by atoms with E-state index in [9.17, 15) is 9.59 Å². The minimum absolute atomic E-state index is 0.0205. The molecule has 80 valence electrons. The van der Waals surface area contributed by atoms with Crippen LogP contribution in [-0.4, -0.2) is 64.1 Å². The Bertz CT molecular complexity index is 234. The average Bonchev–Trinajstić information content (AvgIpc) is 2.43. The summed E-state index contributed by atoms with van der Waals surface area (Å²) in [4.78, 5) is 22.5. The second kappa shape index (κ2) is 4.25. The number of hydrogen-bond acceptors (Lipinski definition) is 4. The number of hydrogen-bond donors (Lipinski definition) is 4. The van der Waals surface area contributed by atoms with Crippen LogP contribution in [0.5, 0.6) is 0 Å². The molecule has 2 atom stereocenters. The van der Waals surface area contributed by atoms with Crippen molar-refractivity contribution < 1.29 is 24.9 Å². The van der Waals surface area contributed by atoms with Crippen LogP contribution in [0.3, 0.4) is 0 Å². The number of carbonyl (C=O) groups excluding carboxylic acids is 1. The number of aliphatic carboxylic acids is 1. The summed E-state index contributed by atoms with van der Waals surface area (Å²) in [5.74, 6) is -1.14. The maximum atomic E-state index is 11.2. The van der Waals surface area contributed by atoms with Gasteiger partial charge in [0.05, 0.1) is 25.3 Å². The predicted octanol–water partition coefficient (Wildman–Crippen LogP) is -2.18. The fourth-order valence-electron chi connectivity index (χ4n) is 1.20. The third-order valence-electron chi connectivity index (χ3n) is 1.94. The monoisotopic (exact) mass is 204 g/mol. The van der Waals surface area contributed by atoms with Crippen molar-refractivity contribution in [3.8, 4) is 0 Å². The Morgan fingerprint density at radius 3 is 2.21 bits per heavy atom. The lowest BCUT2D eigenvalue weighted by molar-refractivity contribution is -0.135. The molecule has 4 N–H and O–H groups in total. The fourth-order valence-corrected chi connectivity index (χ4v) is 1.20. The molecule has 2 unspecified atom stereocenters. The molecule has 2 amide bonds. The first-order valence-corrected chi connectivity index (χ1v) is 4.11. The van der Waals surface area contributed by atoms with Gasteiger partial charge in [0.25, 0.3) is 0 Å². The fraction of sp³-hybridized carbons (Fsp3) is 0.714. The molecule has 0 spiro atoms. The highest BCUT2D eigenvalue weighted by atomic mass is 16.4. The highest BCUT2D eigenvalue weighted by Crippen LogP contribution is 2.09. The van der Waals surface area contributed by atoms with Crippen LogP contribution in [0, 0.1) is 0 Å². The molecular formula is C7H12N2O5. The van der Waals surface area contributed by atoms with E-state index in [1.165, 1.54) is 0 Å². The van der Waals surface area contributed by atoms with Crippen LogP contribution >= 0.6 is 0 Å². The maximum absolute atomic E-state index is 11.2. The number of aliphatic hydroxyl groups excluding tert-OH is 2. The van der Waals surface area contributed by atoms with Crippen molar-refractivity contribution in [3.63, 3.8) is 0 Å². The minimum atomic E-state index is -1.14. The quantitative estimate of drug-likeness (QED) is 0.408. The standard InChI is InChI=1S/C7H12N2O5/c10-4-2-9(3-5(4)11)7(14)8-1-6(12)13/h4-5,10-11H,1-3H2,(H,8,14)(H,12,13). The number of carboxylic acid groups (broad SMARTS) is 1. The summed E-state index contributed by atoms with van der Waals surface area (Å²) < 4.78 is 0. The molecule has 0 aromatic rings. The predicted molar refractivity (Wildman–Crippen MR) is 44.6 cm³/mol. The van der Waals surface area contributed by atoms with Gasteiger partial charge in [0.15, 0.2) is 0 Å². The number of β-amino-alcohol motifs (C(OH)–C–C–N with tert-alkyl or cyclic N) is 2. The molecular weight excluding hydrogens is 192 g/mol. The van der Waals surface area contributed by atoms with E-state index in [0.29, 0.717) is 0 Å². The highest BCUT2D eigenvalue weighted by molar-refractivity contribution is 5.80. The Hall–Kier alpha value is -1.34. The number of amides is 2. The molecule has 0 aliphatic carbocycles. The van der Waals surface area contributed by atoms with Gasteiger partial charge in [0.2, 0.25) is 0 Å². The molecule has 14 heavy (non-hydrogen) atoms.